The lowest BCUT2D eigenvalue weighted by molar-refractivity contribution is -0.143. The van der Waals surface area contributed by atoms with Crippen LogP contribution in [-0.4, -0.2) is 34.2 Å². The lowest BCUT2D eigenvalue weighted by atomic mass is 9.90. The number of hydrogen-bond acceptors (Lipinski definition) is 3. The third kappa shape index (κ3) is 7.69. The van der Waals surface area contributed by atoms with Gasteiger partial charge in [-0.15, -0.1) is 0 Å². The summed E-state index contributed by atoms with van der Waals surface area (Å²) in [5.41, 5.74) is -3.98. The van der Waals surface area contributed by atoms with Gasteiger partial charge in [-0.25, -0.2) is 4.79 Å². The molecule has 4 N–H and O–H groups in total. The standard InChI is InChI=1S/C23H17Br4F6N3O3S/c24-15-13(14(20(38)39)16(25)18(27)17(15)26)19(37)35-11-3-1-2-4-12(11)36-21(40)34-10-6-8(22(28,29)30)5-9(7-10)23(31,32)33/h5-7,11-12H,1-4H2,(H,35,37)(H,38,39)(H2,34,36,40). The molecule has 40 heavy (non-hydrogen) atoms. The third-order valence-electron chi connectivity index (χ3n) is 5.95. The minimum atomic E-state index is -5.02. The van der Waals surface area contributed by atoms with Crippen LogP contribution in [0.3, 0.4) is 0 Å². The zero-order chi connectivity index (χ0) is 30.2. The van der Waals surface area contributed by atoms with Gasteiger partial charge in [0.2, 0.25) is 0 Å². The summed E-state index contributed by atoms with van der Waals surface area (Å²) in [5, 5.41) is 17.5. The molecule has 0 saturated heterocycles. The van der Waals surface area contributed by atoms with E-state index in [-0.39, 0.29) is 31.3 Å². The van der Waals surface area contributed by atoms with Crippen LogP contribution in [0.2, 0.25) is 0 Å². The van der Waals surface area contributed by atoms with Crippen molar-refractivity contribution >= 4 is 98.6 Å². The fraction of sp³-hybridized carbons (Fsp3) is 0.348. The lowest BCUT2D eigenvalue weighted by Crippen LogP contribution is -2.54. The first kappa shape index (κ1) is 33.1. The Balaban J connectivity index is 1.83. The quantitative estimate of drug-likeness (QED) is 0.105. The molecule has 2 aromatic carbocycles. The second kappa shape index (κ2) is 12.8. The molecular weight excluding hydrogens is 832 g/mol. The number of alkyl halides is 6. The van der Waals surface area contributed by atoms with Gasteiger partial charge in [-0.05, 0) is 107 Å². The number of hydrogen-bond donors (Lipinski definition) is 4. The number of rotatable bonds is 5. The predicted octanol–water partition coefficient (Wildman–Crippen LogP) is 8.50. The van der Waals surface area contributed by atoms with Crippen molar-refractivity contribution in [2.75, 3.05) is 5.32 Å². The SMILES string of the molecule is O=C(O)c1c(Br)c(Br)c(Br)c(Br)c1C(=O)NC1CCCCC1NC(=S)Nc1cc(C(F)(F)F)cc(C(F)(F)F)c1. The molecule has 1 fully saturated rings. The van der Waals surface area contributed by atoms with Gasteiger partial charge in [0.05, 0.1) is 22.3 Å². The molecule has 0 spiro atoms. The van der Waals surface area contributed by atoms with Gasteiger partial charge in [-0.1, -0.05) is 12.8 Å². The van der Waals surface area contributed by atoms with E-state index in [9.17, 15) is 41.0 Å². The smallest absolute Gasteiger partial charge is 0.416 e. The Labute approximate surface area is 262 Å². The van der Waals surface area contributed by atoms with Crippen LogP contribution in [0.15, 0.2) is 36.1 Å². The second-order valence-corrected chi connectivity index (χ2v) is 12.3. The Kier molecular flexibility index (Phi) is 10.6. The summed E-state index contributed by atoms with van der Waals surface area (Å²) in [6.07, 6.45) is -7.73. The highest BCUT2D eigenvalue weighted by Crippen LogP contribution is 2.42. The van der Waals surface area contributed by atoms with Crippen LogP contribution < -0.4 is 16.0 Å². The molecule has 3 rings (SSSR count). The van der Waals surface area contributed by atoms with Crippen molar-refractivity contribution in [2.24, 2.45) is 0 Å². The van der Waals surface area contributed by atoms with Crippen molar-refractivity contribution in [1.29, 1.82) is 0 Å². The fourth-order valence-corrected chi connectivity index (χ4v) is 6.86. The van der Waals surface area contributed by atoms with Gasteiger partial charge >= 0.3 is 18.3 Å². The van der Waals surface area contributed by atoms with E-state index in [1.54, 1.807) is 0 Å². The number of carbonyl (C=O) groups is 2. The Morgan fingerprint density at radius 2 is 1.23 bits per heavy atom. The summed E-state index contributed by atoms with van der Waals surface area (Å²) < 4.78 is 80.3. The van der Waals surface area contributed by atoms with Gasteiger partial charge in [-0.2, -0.15) is 26.3 Å². The maximum absolute atomic E-state index is 13.3. The Morgan fingerprint density at radius 1 is 0.775 bits per heavy atom. The molecule has 0 heterocycles. The fourth-order valence-electron chi connectivity index (χ4n) is 4.13. The van der Waals surface area contributed by atoms with Crippen molar-refractivity contribution in [2.45, 2.75) is 50.1 Å². The first-order valence-electron chi connectivity index (χ1n) is 11.2. The van der Waals surface area contributed by atoms with E-state index in [0.29, 0.717) is 46.8 Å². The predicted molar refractivity (Wildman–Crippen MR) is 154 cm³/mol. The van der Waals surface area contributed by atoms with Crippen LogP contribution in [0, 0.1) is 0 Å². The number of nitrogens with one attached hydrogen (secondary N) is 3. The maximum atomic E-state index is 13.3. The highest BCUT2D eigenvalue weighted by Gasteiger charge is 2.37. The molecule has 6 nitrogen and oxygen atoms in total. The van der Waals surface area contributed by atoms with E-state index in [4.69, 9.17) is 12.2 Å². The topological polar surface area (TPSA) is 90.5 Å². The molecule has 17 heteroatoms. The number of halogens is 10. The second-order valence-electron chi connectivity index (χ2n) is 8.68. The summed E-state index contributed by atoms with van der Waals surface area (Å²) in [7, 11) is 0. The van der Waals surface area contributed by atoms with E-state index in [1.165, 1.54) is 0 Å². The normalized spacial score (nSPS) is 17.8. The molecule has 1 aliphatic carbocycles. The largest absolute Gasteiger partial charge is 0.478 e. The molecule has 2 aromatic rings. The lowest BCUT2D eigenvalue weighted by Gasteiger charge is -2.34. The van der Waals surface area contributed by atoms with Crippen LogP contribution in [0.5, 0.6) is 0 Å². The Hall–Kier alpha value is -1.43. The molecule has 0 radical (unpaired) electrons. The molecule has 0 bridgehead atoms. The maximum Gasteiger partial charge on any atom is 0.416 e. The van der Waals surface area contributed by atoms with Crippen molar-refractivity contribution in [1.82, 2.24) is 10.6 Å². The average Bonchev–Trinajstić information content (AvgIpc) is 2.84. The van der Waals surface area contributed by atoms with Crippen LogP contribution >= 0.6 is 75.9 Å². The molecule has 1 saturated carbocycles. The van der Waals surface area contributed by atoms with Crippen LogP contribution in [0.25, 0.3) is 0 Å². The number of anilines is 1. The van der Waals surface area contributed by atoms with Gasteiger partial charge in [-0.3, -0.25) is 4.79 Å². The highest BCUT2D eigenvalue weighted by atomic mass is 79.9. The first-order valence-corrected chi connectivity index (χ1v) is 14.8. The summed E-state index contributed by atoms with van der Waals surface area (Å²) >= 11 is 18.2. The number of thiocarbonyl (C=S) groups is 1. The van der Waals surface area contributed by atoms with Crippen molar-refractivity contribution in [3.8, 4) is 0 Å². The van der Waals surface area contributed by atoms with Gasteiger partial charge < -0.3 is 21.1 Å². The van der Waals surface area contributed by atoms with E-state index >= 15 is 0 Å². The van der Waals surface area contributed by atoms with Crippen LogP contribution in [0.1, 0.15) is 57.5 Å². The van der Waals surface area contributed by atoms with Crippen LogP contribution in [-0.2, 0) is 12.4 Å². The molecule has 0 aromatic heterocycles. The molecule has 0 aliphatic heterocycles. The van der Waals surface area contributed by atoms with Crippen LogP contribution in [0.4, 0.5) is 32.0 Å². The zero-order valence-electron chi connectivity index (χ0n) is 19.7. The summed E-state index contributed by atoms with van der Waals surface area (Å²) in [6, 6.07) is -0.116. The number of carboxylic acids is 1. The molecule has 1 aliphatic rings. The summed E-state index contributed by atoms with van der Waals surface area (Å²) in [5.74, 6) is -2.09. The number of carbonyl (C=O) groups excluding carboxylic acids is 1. The van der Waals surface area contributed by atoms with E-state index in [2.05, 4.69) is 79.7 Å². The summed E-state index contributed by atoms with van der Waals surface area (Å²) in [4.78, 5) is 25.3. The third-order valence-corrected chi connectivity index (χ3v) is 10.9. The van der Waals surface area contributed by atoms with Gasteiger partial charge in [0, 0.05) is 35.7 Å². The van der Waals surface area contributed by atoms with Gasteiger partial charge in [0.1, 0.15) is 0 Å². The minimum Gasteiger partial charge on any atom is -0.478 e. The Morgan fingerprint density at radius 3 is 1.68 bits per heavy atom. The average molecular weight is 849 g/mol. The number of benzene rings is 2. The van der Waals surface area contributed by atoms with Gasteiger partial charge in [0.25, 0.3) is 5.91 Å². The van der Waals surface area contributed by atoms with E-state index in [1.807, 2.05) is 0 Å². The van der Waals surface area contributed by atoms with Crippen molar-refractivity contribution < 1.29 is 41.0 Å². The van der Waals surface area contributed by atoms with E-state index < -0.39 is 53.1 Å². The highest BCUT2D eigenvalue weighted by molar-refractivity contribution is 9.15. The zero-order valence-corrected chi connectivity index (χ0v) is 26.8. The van der Waals surface area contributed by atoms with Crippen molar-refractivity contribution in [3.05, 3.63) is 58.3 Å². The number of carboxylic acid groups (broad SMARTS) is 1. The molecule has 218 valence electrons. The van der Waals surface area contributed by atoms with E-state index in [0.717, 1.165) is 0 Å². The molecule has 2 atom stereocenters. The monoisotopic (exact) mass is 845 g/mol. The van der Waals surface area contributed by atoms with Crippen molar-refractivity contribution in [3.63, 3.8) is 0 Å². The number of aromatic carboxylic acids is 1. The van der Waals surface area contributed by atoms with Gasteiger partial charge in [0.15, 0.2) is 5.11 Å². The minimum absolute atomic E-state index is 0.0106. The summed E-state index contributed by atoms with van der Waals surface area (Å²) in [6.45, 7) is 0. The number of amides is 1. The molecule has 1 amide bonds. The molecular formula is C23H17Br4F6N3O3S. The molecule has 2 unspecified atom stereocenters. The first-order chi connectivity index (χ1) is 18.4. The Bertz CT molecular complexity index is 1320.